The molecule has 0 bridgehead atoms. The molecule has 1 aliphatic heterocycles. The van der Waals surface area contributed by atoms with E-state index in [9.17, 15) is 4.79 Å². The van der Waals surface area contributed by atoms with Gasteiger partial charge in [0.15, 0.2) is 0 Å². The zero-order chi connectivity index (χ0) is 16.9. The number of rotatable bonds is 6. The average molecular weight is 326 g/mol. The lowest BCUT2D eigenvalue weighted by Gasteiger charge is -2.26. The molecule has 2 aromatic rings. The number of carbonyl (C=O) groups is 1. The maximum Gasteiger partial charge on any atom is 0.241 e. The Bertz CT molecular complexity index is 665. The molecule has 5 nitrogen and oxygen atoms in total. The van der Waals surface area contributed by atoms with Crippen LogP contribution in [0.5, 0.6) is 0 Å². The van der Waals surface area contributed by atoms with E-state index in [1.54, 1.807) is 0 Å². The summed E-state index contributed by atoms with van der Waals surface area (Å²) in [5.41, 5.74) is 0.995. The van der Waals surface area contributed by atoms with E-state index in [1.807, 2.05) is 56.6 Å². The van der Waals surface area contributed by atoms with Gasteiger partial charge in [0.05, 0.1) is 0 Å². The lowest BCUT2D eigenvalue weighted by molar-refractivity contribution is -0.123. The minimum atomic E-state index is -0.334. The van der Waals surface area contributed by atoms with E-state index in [1.165, 1.54) is 0 Å². The Labute approximate surface area is 143 Å². The van der Waals surface area contributed by atoms with E-state index in [2.05, 4.69) is 20.2 Å². The SMILES string of the molecule is CC(C)NC(=O)[C@@H](NC[C@@H]1CCCn2ccnc21)c1ccccc1. The van der Waals surface area contributed by atoms with Gasteiger partial charge < -0.3 is 15.2 Å². The number of nitrogens with one attached hydrogen (secondary N) is 2. The number of benzene rings is 1. The maximum atomic E-state index is 12.6. The highest BCUT2D eigenvalue weighted by Gasteiger charge is 2.25. The quantitative estimate of drug-likeness (QED) is 0.858. The molecule has 1 aromatic carbocycles. The topological polar surface area (TPSA) is 59.0 Å². The van der Waals surface area contributed by atoms with Crippen LogP contribution < -0.4 is 10.6 Å². The summed E-state index contributed by atoms with van der Waals surface area (Å²) < 4.78 is 2.22. The summed E-state index contributed by atoms with van der Waals surface area (Å²) in [5.74, 6) is 1.51. The molecule has 1 aliphatic rings. The molecule has 0 unspecified atom stereocenters. The fourth-order valence-corrected chi connectivity index (χ4v) is 3.34. The molecule has 0 fully saturated rings. The molecule has 0 aliphatic carbocycles. The number of imidazole rings is 1. The van der Waals surface area contributed by atoms with Crippen molar-refractivity contribution in [3.8, 4) is 0 Å². The number of fused-ring (bicyclic) bond motifs is 1. The number of carbonyl (C=O) groups excluding carboxylic acids is 1. The molecule has 0 spiro atoms. The van der Waals surface area contributed by atoms with Gasteiger partial charge in [-0.05, 0) is 32.3 Å². The van der Waals surface area contributed by atoms with Crippen molar-refractivity contribution in [3.05, 3.63) is 54.1 Å². The van der Waals surface area contributed by atoms with Gasteiger partial charge in [-0.1, -0.05) is 30.3 Å². The van der Waals surface area contributed by atoms with Crippen molar-refractivity contribution < 1.29 is 4.79 Å². The molecular formula is C19H26N4O. The van der Waals surface area contributed by atoms with Gasteiger partial charge in [-0.3, -0.25) is 4.79 Å². The first kappa shape index (κ1) is 16.7. The van der Waals surface area contributed by atoms with Crippen molar-refractivity contribution in [3.63, 3.8) is 0 Å². The number of nitrogens with zero attached hydrogens (tertiary/aromatic N) is 2. The summed E-state index contributed by atoms with van der Waals surface area (Å²) in [4.78, 5) is 17.1. The Balaban J connectivity index is 1.72. The summed E-state index contributed by atoms with van der Waals surface area (Å²) in [7, 11) is 0. The highest BCUT2D eigenvalue weighted by molar-refractivity contribution is 5.83. The number of aryl methyl sites for hydroxylation is 1. The Morgan fingerprint density at radius 2 is 2.12 bits per heavy atom. The van der Waals surface area contributed by atoms with Crippen LogP contribution in [0.3, 0.4) is 0 Å². The first-order valence-corrected chi connectivity index (χ1v) is 8.75. The maximum absolute atomic E-state index is 12.6. The van der Waals surface area contributed by atoms with Gasteiger partial charge in [-0.15, -0.1) is 0 Å². The van der Waals surface area contributed by atoms with Crippen molar-refractivity contribution >= 4 is 5.91 Å². The van der Waals surface area contributed by atoms with Crippen LogP contribution in [0, 0.1) is 0 Å². The predicted octanol–water partition coefficient (Wildman–Crippen LogP) is 2.62. The second kappa shape index (κ2) is 7.62. The monoisotopic (exact) mass is 326 g/mol. The van der Waals surface area contributed by atoms with Crippen LogP contribution in [0.4, 0.5) is 0 Å². The van der Waals surface area contributed by atoms with E-state index in [0.717, 1.165) is 37.3 Å². The van der Waals surface area contributed by atoms with Crippen LogP contribution >= 0.6 is 0 Å². The number of aromatic nitrogens is 2. The standard InChI is InChI=1S/C19H26N4O/c1-14(2)22-19(24)17(15-7-4-3-5-8-15)21-13-16-9-6-11-23-12-10-20-18(16)23/h3-5,7-8,10,12,14,16-17,21H,6,9,11,13H2,1-2H3,(H,22,24)/t16-,17-/m0/s1. The molecule has 0 radical (unpaired) electrons. The van der Waals surface area contributed by atoms with Crippen molar-refractivity contribution in [2.24, 2.45) is 0 Å². The summed E-state index contributed by atoms with van der Waals surface area (Å²) in [6.45, 7) is 5.76. The van der Waals surface area contributed by atoms with E-state index in [4.69, 9.17) is 0 Å². The van der Waals surface area contributed by atoms with Crippen LogP contribution in [0.1, 0.15) is 50.0 Å². The second-order valence-electron chi connectivity index (χ2n) is 6.73. The van der Waals surface area contributed by atoms with E-state index in [0.29, 0.717) is 5.92 Å². The third-order valence-electron chi connectivity index (χ3n) is 4.46. The largest absolute Gasteiger partial charge is 0.352 e. The van der Waals surface area contributed by atoms with Gasteiger partial charge in [0.25, 0.3) is 0 Å². The fourth-order valence-electron chi connectivity index (χ4n) is 3.34. The van der Waals surface area contributed by atoms with Crippen LogP contribution in [-0.4, -0.2) is 28.0 Å². The van der Waals surface area contributed by atoms with Gasteiger partial charge in [0, 0.05) is 37.4 Å². The van der Waals surface area contributed by atoms with Crippen molar-refractivity contribution in [1.29, 1.82) is 0 Å². The lowest BCUT2D eigenvalue weighted by Crippen LogP contribution is -2.42. The summed E-state index contributed by atoms with van der Waals surface area (Å²) in [6, 6.07) is 9.70. The fraction of sp³-hybridized carbons (Fsp3) is 0.474. The second-order valence-corrected chi connectivity index (χ2v) is 6.73. The molecule has 2 heterocycles. The Morgan fingerprint density at radius 1 is 1.33 bits per heavy atom. The molecule has 0 saturated heterocycles. The third-order valence-corrected chi connectivity index (χ3v) is 4.46. The van der Waals surface area contributed by atoms with Gasteiger partial charge in [0.1, 0.15) is 11.9 Å². The normalized spacial score (nSPS) is 18.2. The van der Waals surface area contributed by atoms with Crippen molar-refractivity contribution in [1.82, 2.24) is 20.2 Å². The van der Waals surface area contributed by atoms with Crippen LogP contribution in [0.25, 0.3) is 0 Å². The molecule has 2 atom stereocenters. The summed E-state index contributed by atoms with van der Waals surface area (Å²) >= 11 is 0. The highest BCUT2D eigenvalue weighted by atomic mass is 16.2. The zero-order valence-electron chi connectivity index (χ0n) is 14.4. The van der Waals surface area contributed by atoms with E-state index in [-0.39, 0.29) is 18.0 Å². The van der Waals surface area contributed by atoms with E-state index < -0.39 is 0 Å². The highest BCUT2D eigenvalue weighted by Crippen LogP contribution is 2.26. The summed E-state index contributed by atoms with van der Waals surface area (Å²) in [5, 5.41) is 6.50. The summed E-state index contributed by atoms with van der Waals surface area (Å²) in [6.07, 6.45) is 6.18. The minimum Gasteiger partial charge on any atom is -0.352 e. The predicted molar refractivity (Wildman–Crippen MR) is 94.7 cm³/mol. The van der Waals surface area contributed by atoms with Crippen LogP contribution in [0.15, 0.2) is 42.7 Å². The molecule has 0 saturated carbocycles. The van der Waals surface area contributed by atoms with Gasteiger partial charge in [0.2, 0.25) is 5.91 Å². The molecule has 1 amide bonds. The first-order valence-electron chi connectivity index (χ1n) is 8.75. The smallest absolute Gasteiger partial charge is 0.241 e. The minimum absolute atomic E-state index is 0.0235. The van der Waals surface area contributed by atoms with Crippen molar-refractivity contribution in [2.75, 3.05) is 6.54 Å². The first-order chi connectivity index (χ1) is 11.6. The lowest BCUT2D eigenvalue weighted by atomic mass is 9.97. The number of amides is 1. The number of hydrogen-bond acceptors (Lipinski definition) is 3. The molecule has 3 rings (SSSR count). The Morgan fingerprint density at radius 3 is 2.88 bits per heavy atom. The molecule has 24 heavy (non-hydrogen) atoms. The zero-order valence-corrected chi connectivity index (χ0v) is 14.4. The van der Waals surface area contributed by atoms with Crippen LogP contribution in [0.2, 0.25) is 0 Å². The molecule has 5 heteroatoms. The third kappa shape index (κ3) is 3.85. The van der Waals surface area contributed by atoms with Crippen LogP contribution in [-0.2, 0) is 11.3 Å². The molecule has 128 valence electrons. The Hall–Kier alpha value is -2.14. The van der Waals surface area contributed by atoms with Gasteiger partial charge in [-0.25, -0.2) is 4.98 Å². The molecule has 1 aromatic heterocycles. The molecule has 2 N–H and O–H groups in total. The Kier molecular flexibility index (Phi) is 5.30. The molecular weight excluding hydrogens is 300 g/mol. The average Bonchev–Trinajstić information content (AvgIpc) is 3.05. The van der Waals surface area contributed by atoms with Gasteiger partial charge in [-0.2, -0.15) is 0 Å². The number of hydrogen-bond donors (Lipinski definition) is 2. The van der Waals surface area contributed by atoms with Crippen molar-refractivity contribution in [2.45, 2.75) is 51.2 Å². The van der Waals surface area contributed by atoms with Gasteiger partial charge >= 0.3 is 0 Å². The van der Waals surface area contributed by atoms with E-state index >= 15 is 0 Å².